The van der Waals surface area contributed by atoms with E-state index >= 15 is 0 Å². The molecule has 1 aliphatic rings. The third-order valence-corrected chi connectivity index (χ3v) is 2.39. The highest BCUT2D eigenvalue weighted by Gasteiger charge is 2.18. The molecule has 0 bridgehead atoms. The van der Waals surface area contributed by atoms with E-state index in [4.69, 9.17) is 0 Å². The summed E-state index contributed by atoms with van der Waals surface area (Å²) in [5.41, 5.74) is 1.16. The highest BCUT2D eigenvalue weighted by molar-refractivity contribution is 5.10. The van der Waals surface area contributed by atoms with Gasteiger partial charge in [-0.05, 0) is 31.5 Å². The minimum Gasteiger partial charge on any atom is -0.452 e. The van der Waals surface area contributed by atoms with E-state index < -0.39 is 0 Å². The van der Waals surface area contributed by atoms with Gasteiger partial charge in [-0.3, -0.25) is 12.0 Å². The van der Waals surface area contributed by atoms with E-state index in [0.29, 0.717) is 6.04 Å². The number of likely N-dealkylation sites (tertiary alicyclic amines) is 1. The van der Waals surface area contributed by atoms with Crippen molar-refractivity contribution in [2.45, 2.75) is 18.9 Å². The maximum Gasteiger partial charge on any atom is 0.0550 e. The predicted octanol–water partition coefficient (Wildman–Crippen LogP) is 2.01. The topological polar surface area (TPSA) is 16.1 Å². The van der Waals surface area contributed by atoms with Gasteiger partial charge in [0.1, 0.15) is 0 Å². The number of hydrogen-bond acceptors (Lipinski definition) is 2. The van der Waals surface area contributed by atoms with E-state index in [1.54, 1.807) is 0 Å². The Morgan fingerprint density at radius 3 is 3.00 bits per heavy atom. The number of hydrogen-bond donors (Lipinski definition) is 0. The first-order valence-corrected chi connectivity index (χ1v) is 4.36. The van der Waals surface area contributed by atoms with Crippen LogP contribution in [0.15, 0.2) is 24.4 Å². The Bertz CT molecular complexity index is 245. The summed E-state index contributed by atoms with van der Waals surface area (Å²) in [4.78, 5) is 6.46. The molecular weight excluding hydrogens is 148 g/mol. The van der Waals surface area contributed by atoms with Crippen LogP contribution >= 0.6 is 0 Å². The zero-order chi connectivity index (χ0) is 8.39. The van der Waals surface area contributed by atoms with Crippen LogP contribution in [-0.4, -0.2) is 16.4 Å². The molecule has 2 nitrogen and oxygen atoms in total. The van der Waals surface area contributed by atoms with Crippen molar-refractivity contribution in [3.8, 4) is 0 Å². The Labute approximate surface area is 73.2 Å². The van der Waals surface area contributed by atoms with Crippen LogP contribution in [0.4, 0.5) is 0 Å². The largest absolute Gasteiger partial charge is 0.452 e. The molecule has 1 fully saturated rings. The predicted molar refractivity (Wildman–Crippen MR) is 48.3 cm³/mol. The summed E-state index contributed by atoms with van der Waals surface area (Å²) in [6, 6.07) is 6.51. The number of aromatic nitrogens is 1. The van der Waals surface area contributed by atoms with Crippen molar-refractivity contribution < 1.29 is 0 Å². The van der Waals surface area contributed by atoms with Crippen LogP contribution in [0.5, 0.6) is 0 Å². The molecule has 2 heterocycles. The standard InChI is InChI=1S/C10H13N2/c1-12-8-4-6-10(12)9-5-2-3-7-11-9/h2-3,5,7,10H,1,4,6,8H2/q-1. The molecule has 12 heavy (non-hydrogen) atoms. The molecule has 1 aromatic heterocycles. The third kappa shape index (κ3) is 1.34. The summed E-state index contributed by atoms with van der Waals surface area (Å²) in [6.45, 7) is 1.10. The van der Waals surface area contributed by atoms with E-state index in [9.17, 15) is 0 Å². The molecule has 0 aliphatic carbocycles. The van der Waals surface area contributed by atoms with Gasteiger partial charge in [0.2, 0.25) is 0 Å². The Morgan fingerprint density at radius 1 is 1.50 bits per heavy atom. The summed E-state index contributed by atoms with van der Waals surface area (Å²) in [6.07, 6.45) is 4.28. The lowest BCUT2D eigenvalue weighted by atomic mass is 10.1. The number of pyridine rings is 1. The van der Waals surface area contributed by atoms with Gasteiger partial charge < -0.3 is 4.90 Å². The summed E-state index contributed by atoms with van der Waals surface area (Å²) in [5.74, 6) is 0. The monoisotopic (exact) mass is 161 g/mol. The van der Waals surface area contributed by atoms with Crippen LogP contribution in [0.25, 0.3) is 0 Å². The van der Waals surface area contributed by atoms with Gasteiger partial charge in [0, 0.05) is 12.2 Å². The lowest BCUT2D eigenvalue weighted by Gasteiger charge is -2.26. The quantitative estimate of drug-likeness (QED) is 0.586. The van der Waals surface area contributed by atoms with Crippen molar-refractivity contribution in [3.63, 3.8) is 0 Å². The molecule has 0 spiro atoms. The molecule has 64 valence electrons. The van der Waals surface area contributed by atoms with E-state index in [-0.39, 0.29) is 0 Å². The van der Waals surface area contributed by atoms with Crippen molar-refractivity contribution in [2.75, 3.05) is 6.54 Å². The van der Waals surface area contributed by atoms with Gasteiger partial charge in [-0.1, -0.05) is 6.07 Å². The molecule has 1 atom stereocenters. The molecule has 1 aromatic rings. The highest BCUT2D eigenvalue weighted by Crippen LogP contribution is 2.28. The maximum absolute atomic E-state index is 4.33. The molecule has 1 aliphatic heterocycles. The van der Waals surface area contributed by atoms with Gasteiger partial charge in [-0.15, -0.1) is 0 Å². The Balaban J connectivity index is 2.19. The van der Waals surface area contributed by atoms with Crippen molar-refractivity contribution in [3.05, 3.63) is 37.1 Å². The van der Waals surface area contributed by atoms with E-state index in [1.807, 2.05) is 18.3 Å². The van der Waals surface area contributed by atoms with E-state index in [1.165, 1.54) is 12.8 Å². The van der Waals surface area contributed by atoms with Crippen LogP contribution in [-0.2, 0) is 0 Å². The van der Waals surface area contributed by atoms with Crippen LogP contribution in [0.2, 0.25) is 0 Å². The molecule has 2 heteroatoms. The van der Waals surface area contributed by atoms with Crippen molar-refractivity contribution in [1.82, 2.24) is 9.88 Å². The first-order chi connectivity index (χ1) is 5.88. The fraction of sp³-hybridized carbons (Fsp3) is 0.400. The van der Waals surface area contributed by atoms with E-state index in [0.717, 1.165) is 12.2 Å². The average molecular weight is 161 g/mol. The van der Waals surface area contributed by atoms with Gasteiger partial charge in [-0.2, -0.15) is 0 Å². The number of rotatable bonds is 1. The zero-order valence-electron chi connectivity index (χ0n) is 7.11. The second-order valence-electron chi connectivity index (χ2n) is 3.22. The fourth-order valence-electron chi connectivity index (χ4n) is 1.73. The minimum absolute atomic E-state index is 0.450. The Hall–Kier alpha value is -0.890. The highest BCUT2D eigenvalue weighted by atomic mass is 15.2. The van der Waals surface area contributed by atoms with Gasteiger partial charge in [-0.25, -0.2) is 0 Å². The van der Waals surface area contributed by atoms with E-state index in [2.05, 4.69) is 23.0 Å². The number of nitrogens with zero attached hydrogens (tertiary/aromatic N) is 2. The smallest absolute Gasteiger partial charge is 0.0550 e. The molecule has 1 unspecified atom stereocenters. The molecule has 0 aromatic carbocycles. The lowest BCUT2D eigenvalue weighted by Crippen LogP contribution is -2.15. The summed E-state index contributed by atoms with van der Waals surface area (Å²) in [5, 5.41) is 0. The summed E-state index contributed by atoms with van der Waals surface area (Å²) >= 11 is 0. The Kier molecular flexibility index (Phi) is 2.09. The molecule has 2 rings (SSSR count). The van der Waals surface area contributed by atoms with Crippen molar-refractivity contribution in [1.29, 1.82) is 0 Å². The summed E-state index contributed by atoms with van der Waals surface area (Å²) < 4.78 is 0. The average Bonchev–Trinajstić information content (AvgIpc) is 2.53. The second kappa shape index (κ2) is 3.23. The fourth-order valence-corrected chi connectivity index (χ4v) is 1.73. The van der Waals surface area contributed by atoms with Crippen LogP contribution in [0, 0.1) is 7.05 Å². The van der Waals surface area contributed by atoms with Gasteiger partial charge in [0.25, 0.3) is 0 Å². The maximum atomic E-state index is 4.33. The normalized spacial score (nSPS) is 24.6. The molecule has 0 saturated carbocycles. The minimum atomic E-state index is 0.450. The van der Waals surface area contributed by atoms with Crippen molar-refractivity contribution >= 4 is 0 Å². The van der Waals surface area contributed by atoms with Crippen LogP contribution < -0.4 is 0 Å². The van der Waals surface area contributed by atoms with Gasteiger partial charge in [0.15, 0.2) is 0 Å². The first kappa shape index (κ1) is 7.74. The van der Waals surface area contributed by atoms with Crippen molar-refractivity contribution in [2.24, 2.45) is 0 Å². The van der Waals surface area contributed by atoms with Crippen LogP contribution in [0.1, 0.15) is 24.6 Å². The van der Waals surface area contributed by atoms with Gasteiger partial charge in [0.05, 0.1) is 5.69 Å². The van der Waals surface area contributed by atoms with Crippen LogP contribution in [0.3, 0.4) is 0 Å². The Morgan fingerprint density at radius 2 is 2.42 bits per heavy atom. The van der Waals surface area contributed by atoms with Gasteiger partial charge >= 0.3 is 0 Å². The molecule has 1 saturated heterocycles. The second-order valence-corrected chi connectivity index (χ2v) is 3.22. The molecule has 0 amide bonds. The molecule has 0 radical (unpaired) electrons. The summed E-state index contributed by atoms with van der Waals surface area (Å²) in [7, 11) is 3.99. The molecular formula is C10H13N2-. The lowest BCUT2D eigenvalue weighted by molar-refractivity contribution is 0.346. The molecule has 0 N–H and O–H groups in total. The zero-order valence-corrected chi connectivity index (χ0v) is 7.11. The SMILES string of the molecule is [CH2-]N1CCCC1c1ccccn1. The first-order valence-electron chi connectivity index (χ1n) is 4.36. The third-order valence-electron chi connectivity index (χ3n) is 2.39.